The molecule has 1 saturated heterocycles. The molecule has 0 aliphatic carbocycles. The van der Waals surface area contributed by atoms with E-state index in [2.05, 4.69) is 10.3 Å². The zero-order chi connectivity index (χ0) is 13.8. The second-order valence-corrected chi connectivity index (χ2v) is 6.68. The average Bonchev–Trinajstić information content (AvgIpc) is 2.33. The summed E-state index contributed by atoms with van der Waals surface area (Å²) >= 11 is 1.26. The third-order valence-electron chi connectivity index (χ3n) is 3.39. The summed E-state index contributed by atoms with van der Waals surface area (Å²) in [6.45, 7) is 0. The van der Waals surface area contributed by atoms with Crippen LogP contribution < -0.4 is 5.32 Å². The van der Waals surface area contributed by atoms with E-state index in [0.29, 0.717) is 10.6 Å². The van der Waals surface area contributed by atoms with Gasteiger partial charge in [-0.15, -0.1) is 4.48 Å². The molecule has 0 radical (unpaired) electrons. The van der Waals surface area contributed by atoms with Gasteiger partial charge in [-0.3, -0.25) is 4.21 Å². The van der Waals surface area contributed by atoms with Gasteiger partial charge in [0.2, 0.25) is 0 Å². The summed E-state index contributed by atoms with van der Waals surface area (Å²) < 4.78 is 10.9. The van der Waals surface area contributed by atoms with Crippen LogP contribution in [0.1, 0.15) is 0 Å². The Hall–Kier alpha value is -1.45. The lowest BCUT2D eigenvalue weighted by Crippen LogP contribution is -2.76. The normalized spacial score (nSPS) is 37.0. The Morgan fingerprint density at radius 3 is 2.89 bits per heavy atom. The highest BCUT2D eigenvalue weighted by atomic mass is 32.2. The zero-order valence-electron chi connectivity index (χ0n) is 9.82. The molecule has 19 heavy (non-hydrogen) atoms. The molecule has 0 bridgehead atoms. The van der Waals surface area contributed by atoms with Crippen molar-refractivity contribution in [2.45, 2.75) is 4.99 Å². The molecule has 2 N–H and O–H groups in total. The number of thioether (sulfide) groups is 1. The second-order valence-electron chi connectivity index (χ2n) is 4.25. The molecule has 2 amide bonds. The Bertz CT molecular complexity index is 626. The van der Waals surface area contributed by atoms with E-state index in [0.717, 1.165) is 0 Å². The first kappa shape index (κ1) is 12.6. The molecular formula is C10H10N3O4S2+. The zero-order valence-corrected chi connectivity index (χ0v) is 11.5. The van der Waals surface area contributed by atoms with E-state index in [-0.39, 0.29) is 5.88 Å². The molecule has 1 fully saturated rings. The van der Waals surface area contributed by atoms with E-state index >= 15 is 0 Å². The lowest BCUT2D eigenvalue weighted by Gasteiger charge is -2.53. The highest BCUT2D eigenvalue weighted by Gasteiger charge is 2.74. The molecule has 0 aromatic heterocycles. The van der Waals surface area contributed by atoms with Gasteiger partial charge in [-0.25, -0.2) is 4.79 Å². The largest absolute Gasteiger partial charge is 0.525 e. The summed E-state index contributed by atoms with van der Waals surface area (Å²) in [6.07, 6.45) is 4.29. The van der Waals surface area contributed by atoms with Crippen molar-refractivity contribution in [3.8, 4) is 0 Å². The highest BCUT2D eigenvalue weighted by Crippen LogP contribution is 2.57. The maximum atomic E-state index is 12.0. The van der Waals surface area contributed by atoms with Crippen LogP contribution in [0.25, 0.3) is 0 Å². The smallest absolute Gasteiger partial charge is 0.435 e. The number of nitrogens with one attached hydrogen (secondary N) is 1. The molecule has 3 aliphatic rings. The quantitative estimate of drug-likeness (QED) is 0.670. The van der Waals surface area contributed by atoms with Crippen LogP contribution in [0, 0.1) is 0 Å². The van der Waals surface area contributed by atoms with Crippen LogP contribution in [-0.4, -0.2) is 49.3 Å². The summed E-state index contributed by atoms with van der Waals surface area (Å²) in [5, 5.41) is 12.6. The lowest BCUT2D eigenvalue weighted by atomic mass is 10.0. The van der Waals surface area contributed by atoms with Crippen molar-refractivity contribution in [1.29, 1.82) is 0 Å². The minimum atomic E-state index is -1.32. The van der Waals surface area contributed by atoms with Crippen molar-refractivity contribution >= 4 is 40.9 Å². The van der Waals surface area contributed by atoms with Crippen LogP contribution in [-0.2, 0) is 15.6 Å². The summed E-state index contributed by atoms with van der Waals surface area (Å²) in [5.74, 6) is -0.404. The summed E-state index contributed by atoms with van der Waals surface area (Å²) in [5.41, 5.74) is 0.495. The van der Waals surface area contributed by atoms with Crippen molar-refractivity contribution < 1.29 is 23.4 Å². The predicted octanol–water partition coefficient (Wildman–Crippen LogP) is 0.157. The number of hydrogen-bond acceptors (Lipinski definition) is 6. The lowest BCUT2D eigenvalue weighted by molar-refractivity contribution is -0.814. The molecule has 0 saturated carbocycles. The van der Waals surface area contributed by atoms with Gasteiger partial charge in [0.1, 0.15) is 5.03 Å². The fraction of sp³-hybridized carbons (Fsp3) is 0.300. The molecule has 7 nitrogen and oxygen atoms in total. The monoisotopic (exact) mass is 300 g/mol. The Morgan fingerprint density at radius 1 is 1.63 bits per heavy atom. The molecule has 9 heteroatoms. The van der Waals surface area contributed by atoms with Gasteiger partial charge in [-0.05, 0) is 17.8 Å². The van der Waals surface area contributed by atoms with Crippen LogP contribution >= 0.6 is 11.8 Å². The Balaban J connectivity index is 2.29. The first-order valence-corrected chi connectivity index (χ1v) is 7.87. The Labute approximate surface area is 115 Å². The highest BCUT2D eigenvalue weighted by molar-refractivity contribution is 8.01. The van der Waals surface area contributed by atoms with E-state index in [1.54, 1.807) is 0 Å². The molecule has 100 valence electrons. The molecule has 3 aliphatic heterocycles. The van der Waals surface area contributed by atoms with Crippen molar-refractivity contribution in [3.63, 3.8) is 0 Å². The van der Waals surface area contributed by atoms with Gasteiger partial charge >= 0.3 is 12.0 Å². The number of amides is 2. The molecule has 3 atom stereocenters. The van der Waals surface area contributed by atoms with E-state index in [4.69, 9.17) is 0 Å². The van der Waals surface area contributed by atoms with Crippen molar-refractivity contribution in [2.24, 2.45) is 4.99 Å². The molecule has 0 aromatic rings. The molecule has 3 heterocycles. The number of carbonyl (C=O) groups excluding carboxylic acids is 1. The van der Waals surface area contributed by atoms with Gasteiger partial charge in [0.25, 0.3) is 4.99 Å². The van der Waals surface area contributed by atoms with Crippen molar-refractivity contribution in [1.82, 2.24) is 5.32 Å². The van der Waals surface area contributed by atoms with Gasteiger partial charge in [0.15, 0.2) is 5.88 Å². The number of hydrogen-bond donors (Lipinski definition) is 2. The van der Waals surface area contributed by atoms with Crippen molar-refractivity contribution in [3.05, 3.63) is 22.8 Å². The number of imide groups is 1. The Kier molecular flexibility index (Phi) is 2.50. The summed E-state index contributed by atoms with van der Waals surface area (Å²) in [4.78, 5) is 26.6. The van der Waals surface area contributed by atoms with E-state index in [9.17, 15) is 18.9 Å². The second kappa shape index (κ2) is 3.78. The van der Waals surface area contributed by atoms with Gasteiger partial charge in [-0.2, -0.15) is 9.79 Å². The first-order chi connectivity index (χ1) is 8.95. The fourth-order valence-electron chi connectivity index (χ4n) is 2.40. The fourth-order valence-corrected chi connectivity index (χ4v) is 4.70. The van der Waals surface area contributed by atoms with Crippen LogP contribution in [0.15, 0.2) is 27.7 Å². The van der Waals surface area contributed by atoms with Gasteiger partial charge in [0.05, 0.1) is 22.7 Å². The van der Waals surface area contributed by atoms with E-state index in [1.165, 1.54) is 36.5 Å². The maximum absolute atomic E-state index is 12.0. The third kappa shape index (κ3) is 1.27. The van der Waals surface area contributed by atoms with Crippen molar-refractivity contribution in [2.75, 3.05) is 12.1 Å². The van der Waals surface area contributed by atoms with Crippen LogP contribution in [0.3, 0.4) is 0 Å². The maximum Gasteiger partial charge on any atom is 0.525 e. The molecular weight excluding hydrogens is 290 g/mol. The minimum Gasteiger partial charge on any atom is -0.435 e. The first-order valence-electron chi connectivity index (χ1n) is 5.32. The van der Waals surface area contributed by atoms with Crippen LogP contribution in [0.2, 0.25) is 0 Å². The minimum absolute atomic E-state index is 0.114. The number of carboxylic acid groups (broad SMARTS) is 1. The molecule has 1 spiro atoms. The standard InChI is InChI=1S/C10H9N3O4S2/c1-19(17)8-6-2-3-7(14)13(9(15)16)5-18-10(6,13)12-4-11-8/h2-4H,5H2,1H3,(H-,11,12,14,15,16)/p+1. The SMILES string of the molecule is CS(=O)C1=C2C=CC(=O)[N+]3(C(=O)O)CSC23N=CN1. The topological polar surface area (TPSA) is 95.8 Å². The molecule has 0 aromatic carbocycles. The van der Waals surface area contributed by atoms with Crippen LogP contribution in [0.5, 0.6) is 0 Å². The number of carbonyl (C=O) groups is 2. The summed E-state index contributed by atoms with van der Waals surface area (Å²) in [6, 6.07) is 0. The summed E-state index contributed by atoms with van der Waals surface area (Å²) in [7, 11) is -1.32. The number of aliphatic imine (C=N–C) groups is 1. The third-order valence-corrected chi connectivity index (χ3v) is 5.86. The predicted molar refractivity (Wildman–Crippen MR) is 70.3 cm³/mol. The molecule has 3 unspecified atom stereocenters. The number of rotatable bonds is 1. The molecule has 3 rings (SSSR count). The number of nitrogens with zero attached hydrogens (tertiary/aromatic N) is 2. The van der Waals surface area contributed by atoms with E-state index < -0.39 is 32.3 Å². The van der Waals surface area contributed by atoms with Crippen LogP contribution in [0.4, 0.5) is 4.79 Å². The van der Waals surface area contributed by atoms with Gasteiger partial charge < -0.3 is 10.4 Å². The Morgan fingerprint density at radius 2 is 2.37 bits per heavy atom. The van der Waals surface area contributed by atoms with E-state index in [1.807, 2.05) is 0 Å². The van der Waals surface area contributed by atoms with Gasteiger partial charge in [0, 0.05) is 12.3 Å². The van der Waals surface area contributed by atoms with Gasteiger partial charge in [-0.1, -0.05) is 0 Å². The number of quaternary nitrogens is 1. The average molecular weight is 300 g/mol.